The lowest BCUT2D eigenvalue weighted by molar-refractivity contribution is 0.0364. The number of pyridine rings is 1. The van der Waals surface area contributed by atoms with E-state index in [1.54, 1.807) is 47.5 Å². The Labute approximate surface area is 315 Å². The molecule has 2 aromatic heterocycles. The van der Waals surface area contributed by atoms with Crippen LogP contribution in [0.4, 0.5) is 21.6 Å². The second-order valence-corrected chi connectivity index (χ2v) is 14.6. The van der Waals surface area contributed by atoms with Crippen LogP contribution in [0.1, 0.15) is 50.0 Å². The second kappa shape index (κ2) is 14.7. The van der Waals surface area contributed by atoms with Crippen LogP contribution in [0.15, 0.2) is 85.1 Å². The number of nitrogens with zero attached hydrogens (tertiary/aromatic N) is 6. The van der Waals surface area contributed by atoms with Crippen molar-refractivity contribution in [1.29, 1.82) is 0 Å². The minimum atomic E-state index is -0.468. The fourth-order valence-corrected chi connectivity index (χ4v) is 8.10. The van der Waals surface area contributed by atoms with Gasteiger partial charge in [0.2, 0.25) is 0 Å². The maximum atomic E-state index is 15.4. The Hall–Kier alpha value is -5.52. The summed E-state index contributed by atoms with van der Waals surface area (Å²) in [6.45, 7) is 9.31. The van der Waals surface area contributed by atoms with E-state index in [0.29, 0.717) is 72.3 Å². The lowest BCUT2D eigenvalue weighted by Crippen LogP contribution is -2.42. The van der Waals surface area contributed by atoms with Crippen LogP contribution in [0, 0.1) is 12.7 Å². The maximum Gasteiger partial charge on any atom is 0.264 e. The van der Waals surface area contributed by atoms with E-state index >= 15 is 9.18 Å². The molecule has 1 saturated heterocycles. The molecule has 0 bridgehead atoms. The average molecular weight is 729 g/mol. The molecule has 3 aliphatic heterocycles. The van der Waals surface area contributed by atoms with E-state index in [1.165, 1.54) is 17.7 Å². The molecule has 8 rings (SSSR count). The van der Waals surface area contributed by atoms with Crippen LogP contribution in [0.2, 0.25) is 0 Å². The second-order valence-electron chi connectivity index (χ2n) is 14.6. The van der Waals surface area contributed by atoms with E-state index in [0.717, 1.165) is 49.4 Å². The number of benzene rings is 3. The molecule has 5 aromatic rings. The zero-order valence-corrected chi connectivity index (χ0v) is 31.0. The molecule has 54 heavy (non-hydrogen) atoms. The minimum absolute atomic E-state index is 0.0585. The predicted octanol–water partition coefficient (Wildman–Crippen LogP) is 6.59. The Morgan fingerprint density at radius 3 is 2.44 bits per heavy atom. The molecule has 3 aromatic carbocycles. The number of aromatic hydroxyl groups is 1. The molecule has 3 aliphatic rings. The number of ether oxygens (including phenoxy) is 1. The summed E-state index contributed by atoms with van der Waals surface area (Å²) in [6, 6.07) is 22.8. The van der Waals surface area contributed by atoms with E-state index < -0.39 is 5.82 Å². The molecule has 0 spiro atoms. The maximum absolute atomic E-state index is 15.4. The van der Waals surface area contributed by atoms with Crippen molar-refractivity contribution in [3.8, 4) is 17.0 Å². The fourth-order valence-electron chi connectivity index (χ4n) is 8.10. The van der Waals surface area contributed by atoms with Crippen LogP contribution in [0.5, 0.6) is 5.75 Å². The summed E-state index contributed by atoms with van der Waals surface area (Å²) in [4.78, 5) is 42.2. The van der Waals surface area contributed by atoms with Crippen molar-refractivity contribution in [3.63, 3.8) is 0 Å². The fraction of sp³-hybridized carbons (Fsp3) is 0.326. The van der Waals surface area contributed by atoms with Crippen molar-refractivity contribution in [1.82, 2.24) is 19.4 Å². The SMILES string of the molecule is Cc1c(C(=O)N(c2ccc(O)cc2)c2cnc3c(c2)CCN3C)cc(-c2cc(F)ccc2C(=O)N2Cc3ccccc3C[C@H]2C)n1CCN1CCOCC1. The third-order valence-corrected chi connectivity index (χ3v) is 11.2. The minimum Gasteiger partial charge on any atom is -0.508 e. The quantitative estimate of drug-likeness (QED) is 0.193. The van der Waals surface area contributed by atoms with E-state index in [2.05, 4.69) is 21.9 Å². The summed E-state index contributed by atoms with van der Waals surface area (Å²) in [5.74, 6) is 0.0216. The first-order valence-corrected chi connectivity index (χ1v) is 18.7. The van der Waals surface area contributed by atoms with Gasteiger partial charge in [0, 0.05) is 80.6 Å². The van der Waals surface area contributed by atoms with Crippen molar-refractivity contribution < 1.29 is 23.8 Å². The summed E-state index contributed by atoms with van der Waals surface area (Å²) >= 11 is 0. The Morgan fingerprint density at radius 2 is 1.67 bits per heavy atom. The van der Waals surface area contributed by atoms with Gasteiger partial charge in [0.1, 0.15) is 17.4 Å². The third-order valence-electron chi connectivity index (χ3n) is 11.2. The molecule has 0 radical (unpaired) electrons. The Bertz CT molecular complexity index is 2210. The van der Waals surface area contributed by atoms with Gasteiger partial charge in [-0.3, -0.25) is 19.4 Å². The van der Waals surface area contributed by atoms with Gasteiger partial charge in [-0.25, -0.2) is 9.37 Å². The van der Waals surface area contributed by atoms with Crippen molar-refractivity contribution >= 4 is 29.0 Å². The monoisotopic (exact) mass is 728 g/mol. The molecule has 10 nitrogen and oxygen atoms in total. The molecule has 2 amide bonds. The lowest BCUT2D eigenvalue weighted by atomic mass is 9.93. The number of hydrogen-bond acceptors (Lipinski definition) is 7. The van der Waals surface area contributed by atoms with Crippen LogP contribution in [0.3, 0.4) is 0 Å². The highest BCUT2D eigenvalue weighted by atomic mass is 19.1. The van der Waals surface area contributed by atoms with Gasteiger partial charge in [-0.05, 0) is 98.0 Å². The summed E-state index contributed by atoms with van der Waals surface area (Å²) in [5, 5.41) is 10.2. The summed E-state index contributed by atoms with van der Waals surface area (Å²) < 4.78 is 23.0. The average Bonchev–Trinajstić information content (AvgIpc) is 3.72. The molecule has 5 heterocycles. The van der Waals surface area contributed by atoms with Gasteiger partial charge in [0.05, 0.1) is 30.7 Å². The number of phenols is 1. The Balaban J connectivity index is 1.23. The van der Waals surface area contributed by atoms with Gasteiger partial charge in [-0.1, -0.05) is 24.3 Å². The first-order chi connectivity index (χ1) is 26.2. The van der Waals surface area contributed by atoms with Gasteiger partial charge in [0.15, 0.2) is 0 Å². The molecule has 1 fully saturated rings. The number of carbonyl (C=O) groups is 2. The number of anilines is 3. The number of likely N-dealkylation sites (N-methyl/N-ethyl adjacent to an activating group) is 1. The highest BCUT2D eigenvalue weighted by molar-refractivity contribution is 6.12. The van der Waals surface area contributed by atoms with Crippen LogP contribution >= 0.6 is 0 Å². The number of phenolic OH excluding ortho intramolecular Hbond substituents is 1. The van der Waals surface area contributed by atoms with Crippen LogP contribution in [0.25, 0.3) is 11.3 Å². The molecule has 278 valence electrons. The topological polar surface area (TPSA) is 94.4 Å². The van der Waals surface area contributed by atoms with Crippen LogP contribution in [-0.4, -0.2) is 88.8 Å². The first kappa shape index (κ1) is 35.5. The van der Waals surface area contributed by atoms with E-state index in [-0.39, 0.29) is 23.6 Å². The zero-order chi connectivity index (χ0) is 37.5. The smallest absolute Gasteiger partial charge is 0.264 e. The predicted molar refractivity (Wildman–Crippen MR) is 207 cm³/mol. The molecule has 1 N–H and O–H groups in total. The number of hydrogen-bond donors (Lipinski definition) is 1. The third kappa shape index (κ3) is 6.73. The number of amides is 2. The van der Waals surface area contributed by atoms with E-state index in [1.807, 2.05) is 48.6 Å². The van der Waals surface area contributed by atoms with E-state index in [9.17, 15) is 9.90 Å². The van der Waals surface area contributed by atoms with Crippen LogP contribution in [-0.2, 0) is 30.7 Å². The van der Waals surface area contributed by atoms with Gasteiger partial charge < -0.3 is 24.2 Å². The molecule has 1 atom stereocenters. The largest absolute Gasteiger partial charge is 0.508 e. The first-order valence-electron chi connectivity index (χ1n) is 18.7. The molecule has 11 heteroatoms. The molecule has 0 aliphatic carbocycles. The number of aromatic nitrogens is 2. The van der Waals surface area contributed by atoms with Gasteiger partial charge in [-0.2, -0.15) is 0 Å². The number of rotatable bonds is 8. The van der Waals surface area contributed by atoms with Crippen LogP contribution < -0.4 is 9.80 Å². The molecule has 0 saturated carbocycles. The summed E-state index contributed by atoms with van der Waals surface area (Å²) in [6.07, 6.45) is 3.24. The van der Waals surface area contributed by atoms with Crippen molar-refractivity contribution in [2.24, 2.45) is 0 Å². The van der Waals surface area contributed by atoms with Crippen molar-refractivity contribution in [3.05, 3.63) is 124 Å². The highest BCUT2D eigenvalue weighted by Gasteiger charge is 2.32. The number of carbonyl (C=O) groups excluding carboxylic acids is 2. The molecular formula is C43H45FN6O4. The zero-order valence-electron chi connectivity index (χ0n) is 31.0. The van der Waals surface area contributed by atoms with Crippen molar-refractivity contribution in [2.75, 3.05) is 56.2 Å². The summed E-state index contributed by atoms with van der Waals surface area (Å²) in [7, 11) is 2.00. The van der Waals surface area contributed by atoms with Crippen molar-refractivity contribution in [2.45, 2.75) is 45.8 Å². The number of halogens is 1. The normalized spacial score (nSPS) is 17.0. The van der Waals surface area contributed by atoms with E-state index in [4.69, 9.17) is 9.72 Å². The van der Waals surface area contributed by atoms with Gasteiger partial charge in [-0.15, -0.1) is 0 Å². The Kier molecular flexibility index (Phi) is 9.68. The lowest BCUT2D eigenvalue weighted by Gasteiger charge is -2.35. The number of morpholine rings is 1. The molecule has 0 unspecified atom stereocenters. The van der Waals surface area contributed by atoms with Gasteiger partial charge >= 0.3 is 0 Å². The number of fused-ring (bicyclic) bond motifs is 2. The molecular weight excluding hydrogens is 684 g/mol. The summed E-state index contributed by atoms with van der Waals surface area (Å²) in [5.41, 5.74) is 7.07. The highest BCUT2D eigenvalue weighted by Crippen LogP contribution is 2.37. The van der Waals surface area contributed by atoms with Gasteiger partial charge in [0.25, 0.3) is 11.8 Å². The standard InChI is InChI=1S/C43H45FN6O4/c1-28-22-30-6-4-5-7-32(30)27-49(28)42(52)37-13-8-33(44)24-39(37)40-25-38(29(2)48(40)17-16-47-18-20-54-21-19-47)43(53)50(34-9-11-36(51)12-10-34)35-23-31-14-15-46(3)41(31)45-26-35/h4-13,23-26,28,51H,14-22,27H2,1-3H3/t28-/m1/s1. The Morgan fingerprint density at radius 1 is 0.907 bits per heavy atom.